The quantitative estimate of drug-likeness (QED) is 0.744. The number of hydrogen-bond acceptors (Lipinski definition) is 5. The third kappa shape index (κ3) is 2.62. The van der Waals surface area contributed by atoms with E-state index in [4.69, 9.17) is 10.8 Å². The Bertz CT molecular complexity index is 477. The SMILES string of the molecule is NC(=O)C1CCN(Cc2ncncc2C(=O)O)C1. The van der Waals surface area contributed by atoms with E-state index >= 15 is 0 Å². The fourth-order valence-corrected chi connectivity index (χ4v) is 2.08. The molecule has 1 aromatic heterocycles. The lowest BCUT2D eigenvalue weighted by atomic mass is 10.1. The van der Waals surface area contributed by atoms with E-state index in [1.807, 2.05) is 4.90 Å². The van der Waals surface area contributed by atoms with Crippen molar-refractivity contribution in [2.24, 2.45) is 11.7 Å². The topological polar surface area (TPSA) is 109 Å². The number of carboxylic acid groups (broad SMARTS) is 1. The lowest BCUT2D eigenvalue weighted by molar-refractivity contribution is -0.121. The molecule has 0 spiro atoms. The smallest absolute Gasteiger partial charge is 0.339 e. The van der Waals surface area contributed by atoms with Crippen LogP contribution in [0.15, 0.2) is 12.5 Å². The zero-order chi connectivity index (χ0) is 13.1. The van der Waals surface area contributed by atoms with Gasteiger partial charge in [-0.1, -0.05) is 0 Å². The Morgan fingerprint density at radius 2 is 2.33 bits per heavy atom. The van der Waals surface area contributed by atoms with Crippen molar-refractivity contribution in [3.05, 3.63) is 23.8 Å². The van der Waals surface area contributed by atoms with Gasteiger partial charge >= 0.3 is 5.97 Å². The predicted molar refractivity (Wildman–Crippen MR) is 61.6 cm³/mol. The molecule has 1 atom stereocenters. The molecule has 1 unspecified atom stereocenters. The number of likely N-dealkylation sites (tertiary alicyclic amines) is 1. The minimum Gasteiger partial charge on any atom is -0.478 e. The number of hydrogen-bond donors (Lipinski definition) is 2. The van der Waals surface area contributed by atoms with Gasteiger partial charge in [0, 0.05) is 19.3 Å². The minimum atomic E-state index is -1.05. The Hall–Kier alpha value is -2.02. The molecule has 1 aliphatic rings. The van der Waals surface area contributed by atoms with Crippen LogP contribution in [0.1, 0.15) is 22.5 Å². The first-order valence-corrected chi connectivity index (χ1v) is 5.61. The number of carbonyl (C=O) groups excluding carboxylic acids is 1. The van der Waals surface area contributed by atoms with E-state index < -0.39 is 5.97 Å². The summed E-state index contributed by atoms with van der Waals surface area (Å²) < 4.78 is 0. The highest BCUT2D eigenvalue weighted by molar-refractivity contribution is 5.88. The van der Waals surface area contributed by atoms with Gasteiger partial charge in [0.15, 0.2) is 0 Å². The molecule has 0 aliphatic carbocycles. The summed E-state index contributed by atoms with van der Waals surface area (Å²) in [5.74, 6) is -1.50. The van der Waals surface area contributed by atoms with Crippen molar-refractivity contribution in [3.8, 4) is 0 Å². The predicted octanol–water partition coefficient (Wildman–Crippen LogP) is -0.518. The van der Waals surface area contributed by atoms with Gasteiger partial charge in [0.2, 0.25) is 5.91 Å². The molecule has 2 heterocycles. The molecule has 18 heavy (non-hydrogen) atoms. The highest BCUT2D eigenvalue weighted by Crippen LogP contribution is 2.18. The van der Waals surface area contributed by atoms with Gasteiger partial charge < -0.3 is 10.8 Å². The number of aromatic carboxylic acids is 1. The highest BCUT2D eigenvalue weighted by atomic mass is 16.4. The lowest BCUT2D eigenvalue weighted by Crippen LogP contribution is -2.28. The maximum absolute atomic E-state index is 11.1. The third-order valence-electron chi connectivity index (χ3n) is 3.07. The van der Waals surface area contributed by atoms with Crippen LogP contribution in [0.25, 0.3) is 0 Å². The fraction of sp³-hybridized carbons (Fsp3) is 0.455. The van der Waals surface area contributed by atoms with Crippen molar-refractivity contribution in [2.75, 3.05) is 13.1 Å². The largest absolute Gasteiger partial charge is 0.478 e. The molecule has 7 heteroatoms. The molecule has 0 bridgehead atoms. The first kappa shape index (κ1) is 12.4. The molecule has 3 N–H and O–H groups in total. The number of nitrogens with zero attached hydrogens (tertiary/aromatic N) is 3. The van der Waals surface area contributed by atoms with Crippen molar-refractivity contribution >= 4 is 11.9 Å². The summed E-state index contributed by atoms with van der Waals surface area (Å²) in [6.07, 6.45) is 3.32. The second-order valence-corrected chi connectivity index (χ2v) is 4.31. The van der Waals surface area contributed by atoms with Crippen LogP contribution in [-0.2, 0) is 11.3 Å². The molecule has 7 nitrogen and oxygen atoms in total. The third-order valence-corrected chi connectivity index (χ3v) is 3.07. The van der Waals surface area contributed by atoms with E-state index in [2.05, 4.69) is 9.97 Å². The average molecular weight is 250 g/mol. The van der Waals surface area contributed by atoms with E-state index in [1.165, 1.54) is 12.5 Å². The van der Waals surface area contributed by atoms with Gasteiger partial charge in [-0.3, -0.25) is 9.69 Å². The minimum absolute atomic E-state index is 0.0972. The van der Waals surface area contributed by atoms with Crippen molar-refractivity contribution in [2.45, 2.75) is 13.0 Å². The Morgan fingerprint density at radius 3 is 2.94 bits per heavy atom. The lowest BCUT2D eigenvalue weighted by Gasteiger charge is -2.15. The molecule has 1 aliphatic heterocycles. The first-order chi connectivity index (χ1) is 8.58. The van der Waals surface area contributed by atoms with Crippen LogP contribution in [0, 0.1) is 5.92 Å². The van der Waals surface area contributed by atoms with E-state index in [0.29, 0.717) is 25.2 Å². The molecular formula is C11H14N4O3. The van der Waals surface area contributed by atoms with E-state index in [9.17, 15) is 9.59 Å². The molecule has 1 aromatic rings. The van der Waals surface area contributed by atoms with Gasteiger partial charge in [-0.15, -0.1) is 0 Å². The number of amides is 1. The van der Waals surface area contributed by atoms with Crippen LogP contribution in [0.2, 0.25) is 0 Å². The Balaban J connectivity index is 2.07. The number of primary amides is 1. The number of nitrogens with two attached hydrogens (primary N) is 1. The molecule has 0 radical (unpaired) electrons. The average Bonchev–Trinajstić information content (AvgIpc) is 2.78. The van der Waals surface area contributed by atoms with Crippen LogP contribution >= 0.6 is 0 Å². The van der Waals surface area contributed by atoms with Crippen LogP contribution in [-0.4, -0.2) is 44.9 Å². The Kier molecular flexibility index (Phi) is 3.52. The van der Waals surface area contributed by atoms with Gasteiger partial charge in [0.05, 0.1) is 11.6 Å². The van der Waals surface area contributed by atoms with E-state index in [0.717, 1.165) is 6.54 Å². The van der Waals surface area contributed by atoms with Gasteiger partial charge in [-0.25, -0.2) is 14.8 Å². The number of aromatic nitrogens is 2. The Morgan fingerprint density at radius 1 is 1.56 bits per heavy atom. The number of carbonyl (C=O) groups is 2. The van der Waals surface area contributed by atoms with Gasteiger partial charge in [0.25, 0.3) is 0 Å². The van der Waals surface area contributed by atoms with Crippen LogP contribution in [0.4, 0.5) is 0 Å². The zero-order valence-corrected chi connectivity index (χ0v) is 9.74. The highest BCUT2D eigenvalue weighted by Gasteiger charge is 2.27. The van der Waals surface area contributed by atoms with Gasteiger partial charge in [0.1, 0.15) is 11.9 Å². The summed E-state index contributed by atoms with van der Waals surface area (Å²) in [7, 11) is 0. The van der Waals surface area contributed by atoms with Crippen molar-refractivity contribution in [1.82, 2.24) is 14.9 Å². The summed E-state index contributed by atoms with van der Waals surface area (Å²) >= 11 is 0. The number of rotatable bonds is 4. The fourth-order valence-electron chi connectivity index (χ4n) is 2.08. The van der Waals surface area contributed by atoms with Crippen molar-refractivity contribution in [1.29, 1.82) is 0 Å². The van der Waals surface area contributed by atoms with Crippen molar-refractivity contribution < 1.29 is 14.7 Å². The maximum atomic E-state index is 11.1. The number of carboxylic acids is 1. The second-order valence-electron chi connectivity index (χ2n) is 4.31. The summed E-state index contributed by atoms with van der Waals surface area (Å²) in [6.45, 7) is 1.67. The molecule has 1 fully saturated rings. The van der Waals surface area contributed by atoms with Crippen LogP contribution in [0.5, 0.6) is 0 Å². The molecule has 1 saturated heterocycles. The zero-order valence-electron chi connectivity index (χ0n) is 9.74. The Labute approximate surface area is 104 Å². The van der Waals surface area contributed by atoms with E-state index in [1.54, 1.807) is 0 Å². The monoisotopic (exact) mass is 250 g/mol. The normalized spacial score (nSPS) is 19.9. The van der Waals surface area contributed by atoms with E-state index in [-0.39, 0.29) is 17.4 Å². The summed E-state index contributed by atoms with van der Waals surface area (Å²) in [5.41, 5.74) is 5.80. The molecule has 1 amide bonds. The maximum Gasteiger partial charge on any atom is 0.339 e. The van der Waals surface area contributed by atoms with Crippen LogP contribution in [0.3, 0.4) is 0 Å². The molecule has 96 valence electrons. The molecule has 2 rings (SSSR count). The standard InChI is InChI=1S/C11H14N4O3/c12-10(16)7-1-2-15(4-7)5-9-8(11(17)18)3-13-6-14-9/h3,6-7H,1-2,4-5H2,(H2,12,16)(H,17,18). The first-order valence-electron chi connectivity index (χ1n) is 5.61. The summed E-state index contributed by atoms with van der Waals surface area (Å²) in [6, 6.07) is 0. The van der Waals surface area contributed by atoms with Crippen molar-refractivity contribution in [3.63, 3.8) is 0 Å². The summed E-state index contributed by atoms with van der Waals surface area (Å²) in [4.78, 5) is 31.7. The molecule has 0 saturated carbocycles. The second kappa shape index (κ2) is 5.09. The molecular weight excluding hydrogens is 236 g/mol. The van der Waals surface area contributed by atoms with Crippen LogP contribution < -0.4 is 5.73 Å². The van der Waals surface area contributed by atoms with Gasteiger partial charge in [-0.2, -0.15) is 0 Å². The summed E-state index contributed by atoms with van der Waals surface area (Å²) in [5, 5.41) is 9.01. The van der Waals surface area contributed by atoms with Gasteiger partial charge in [-0.05, 0) is 13.0 Å². The molecule has 0 aromatic carbocycles.